The molecule has 3 rings (SSSR count). The highest BCUT2D eigenvalue weighted by Crippen LogP contribution is 2.30. The topological polar surface area (TPSA) is 74.7 Å². The highest BCUT2D eigenvalue weighted by molar-refractivity contribution is 9.10. The number of aromatic amines is 2. The lowest BCUT2D eigenvalue weighted by Crippen LogP contribution is -1.93. The summed E-state index contributed by atoms with van der Waals surface area (Å²) in [7, 11) is 0. The normalized spacial score (nSPS) is 11.2. The average molecular weight is 298 g/mol. The first-order valence-corrected chi connectivity index (χ1v) is 5.46. The standard InChI is InChI=1S/C10H5BrFN3O2/c11-4-1-6(12)8-5(3-13-7(8)2-4)9-14-15-10(16)17-9/h1-3,13H,(H,15,16). The quantitative estimate of drug-likeness (QED) is 0.724. The van der Waals surface area contributed by atoms with E-state index in [1.807, 2.05) is 0 Å². The van der Waals surface area contributed by atoms with E-state index in [2.05, 4.69) is 31.1 Å². The van der Waals surface area contributed by atoms with Crippen molar-refractivity contribution in [1.82, 2.24) is 15.2 Å². The molecule has 0 saturated carbocycles. The van der Waals surface area contributed by atoms with Gasteiger partial charge in [0.25, 0.3) is 5.89 Å². The molecule has 0 aliphatic rings. The fraction of sp³-hybridized carbons (Fsp3) is 0. The van der Waals surface area contributed by atoms with Crippen molar-refractivity contribution in [2.75, 3.05) is 0 Å². The molecule has 0 aliphatic carbocycles. The second-order valence-electron chi connectivity index (χ2n) is 3.43. The van der Waals surface area contributed by atoms with Crippen LogP contribution >= 0.6 is 15.9 Å². The first kappa shape index (κ1) is 10.3. The Morgan fingerprint density at radius 3 is 2.94 bits per heavy atom. The van der Waals surface area contributed by atoms with E-state index in [1.165, 1.54) is 6.07 Å². The van der Waals surface area contributed by atoms with Crippen LogP contribution in [0.25, 0.3) is 22.4 Å². The molecule has 2 heterocycles. The number of hydrogen-bond donors (Lipinski definition) is 2. The van der Waals surface area contributed by atoms with E-state index >= 15 is 0 Å². The molecule has 5 nitrogen and oxygen atoms in total. The molecule has 1 aromatic carbocycles. The maximum absolute atomic E-state index is 13.8. The lowest BCUT2D eigenvalue weighted by Gasteiger charge is -1.96. The average Bonchev–Trinajstić information content (AvgIpc) is 2.83. The minimum Gasteiger partial charge on any atom is -0.388 e. The van der Waals surface area contributed by atoms with Gasteiger partial charge < -0.3 is 9.40 Å². The van der Waals surface area contributed by atoms with Crippen LogP contribution in [0.3, 0.4) is 0 Å². The van der Waals surface area contributed by atoms with Gasteiger partial charge in [0.1, 0.15) is 5.82 Å². The second-order valence-corrected chi connectivity index (χ2v) is 4.35. The van der Waals surface area contributed by atoms with Crippen LogP contribution in [-0.2, 0) is 0 Å². The van der Waals surface area contributed by atoms with Crippen LogP contribution < -0.4 is 5.76 Å². The maximum atomic E-state index is 13.8. The van der Waals surface area contributed by atoms with Crippen molar-refractivity contribution in [3.05, 3.63) is 39.2 Å². The summed E-state index contributed by atoms with van der Waals surface area (Å²) in [5, 5.41) is 6.14. The highest BCUT2D eigenvalue weighted by Gasteiger charge is 2.15. The molecule has 3 aromatic rings. The van der Waals surface area contributed by atoms with Gasteiger partial charge in [0.2, 0.25) is 0 Å². The molecule has 0 aliphatic heterocycles. The van der Waals surface area contributed by atoms with E-state index < -0.39 is 11.6 Å². The number of H-pyrrole nitrogens is 2. The molecule has 0 unspecified atom stereocenters. The van der Waals surface area contributed by atoms with Crippen molar-refractivity contribution in [3.63, 3.8) is 0 Å². The predicted octanol–water partition coefficient (Wildman–Crippen LogP) is 2.41. The molecular formula is C10H5BrFN3O2. The van der Waals surface area contributed by atoms with E-state index in [9.17, 15) is 9.18 Å². The van der Waals surface area contributed by atoms with Crippen molar-refractivity contribution in [3.8, 4) is 11.5 Å². The van der Waals surface area contributed by atoms with Gasteiger partial charge >= 0.3 is 5.76 Å². The first-order chi connectivity index (χ1) is 8.15. The van der Waals surface area contributed by atoms with Gasteiger partial charge in [-0.25, -0.2) is 14.3 Å². The fourth-order valence-electron chi connectivity index (χ4n) is 1.70. The van der Waals surface area contributed by atoms with Crippen LogP contribution in [0.15, 0.2) is 32.0 Å². The van der Waals surface area contributed by atoms with Gasteiger partial charge in [0, 0.05) is 16.1 Å². The lowest BCUT2D eigenvalue weighted by atomic mass is 10.1. The van der Waals surface area contributed by atoms with E-state index in [0.717, 1.165) is 0 Å². The molecule has 0 fully saturated rings. The number of nitrogens with zero attached hydrogens (tertiary/aromatic N) is 1. The van der Waals surface area contributed by atoms with Crippen LogP contribution in [0.2, 0.25) is 0 Å². The summed E-state index contributed by atoms with van der Waals surface area (Å²) in [5.74, 6) is -1.04. The largest absolute Gasteiger partial charge is 0.434 e. The zero-order valence-corrected chi connectivity index (χ0v) is 9.84. The molecule has 0 bridgehead atoms. The van der Waals surface area contributed by atoms with Gasteiger partial charge in [-0.05, 0) is 12.1 Å². The van der Waals surface area contributed by atoms with Gasteiger partial charge in [-0.15, -0.1) is 5.10 Å². The molecule has 7 heteroatoms. The number of benzene rings is 1. The van der Waals surface area contributed by atoms with E-state index in [4.69, 9.17) is 4.42 Å². The van der Waals surface area contributed by atoms with E-state index in [0.29, 0.717) is 20.9 Å². The molecule has 17 heavy (non-hydrogen) atoms. The number of rotatable bonds is 1. The van der Waals surface area contributed by atoms with Gasteiger partial charge in [0.15, 0.2) is 0 Å². The number of hydrogen-bond acceptors (Lipinski definition) is 3. The van der Waals surface area contributed by atoms with Crippen molar-refractivity contribution in [2.45, 2.75) is 0 Å². The van der Waals surface area contributed by atoms with Crippen molar-refractivity contribution in [2.24, 2.45) is 0 Å². The Labute approximate surface area is 102 Å². The molecule has 2 N–H and O–H groups in total. The maximum Gasteiger partial charge on any atom is 0.434 e. The van der Waals surface area contributed by atoms with Crippen LogP contribution in [0.4, 0.5) is 4.39 Å². The Kier molecular flexibility index (Phi) is 2.15. The van der Waals surface area contributed by atoms with Gasteiger partial charge in [-0.1, -0.05) is 15.9 Å². The van der Waals surface area contributed by atoms with E-state index in [1.54, 1.807) is 12.3 Å². The monoisotopic (exact) mass is 297 g/mol. The molecule has 0 atom stereocenters. The van der Waals surface area contributed by atoms with Crippen LogP contribution in [-0.4, -0.2) is 15.2 Å². The minimum atomic E-state index is -0.674. The molecule has 0 radical (unpaired) electrons. The summed E-state index contributed by atoms with van der Waals surface area (Å²) in [6.07, 6.45) is 1.54. The predicted molar refractivity (Wildman–Crippen MR) is 62.1 cm³/mol. The van der Waals surface area contributed by atoms with Crippen molar-refractivity contribution >= 4 is 26.8 Å². The summed E-state index contributed by atoms with van der Waals surface area (Å²) in [4.78, 5) is 13.8. The van der Waals surface area contributed by atoms with Crippen LogP contribution in [0.5, 0.6) is 0 Å². The Hall–Kier alpha value is -1.89. The number of halogens is 2. The Balaban J connectivity index is 2.35. The number of fused-ring (bicyclic) bond motifs is 1. The smallest absolute Gasteiger partial charge is 0.388 e. The summed E-state index contributed by atoms with van der Waals surface area (Å²) in [6.45, 7) is 0. The first-order valence-electron chi connectivity index (χ1n) is 4.67. The summed E-state index contributed by atoms with van der Waals surface area (Å²) < 4.78 is 19.3. The second kappa shape index (κ2) is 3.56. The SMILES string of the molecule is O=c1[nH]nc(-c2c[nH]c3cc(Br)cc(F)c23)o1. The number of nitrogens with one attached hydrogen (secondary N) is 2. The third-order valence-corrected chi connectivity index (χ3v) is 2.82. The highest BCUT2D eigenvalue weighted by atomic mass is 79.9. The Morgan fingerprint density at radius 2 is 2.24 bits per heavy atom. The molecular weight excluding hydrogens is 293 g/mol. The molecule has 86 valence electrons. The lowest BCUT2D eigenvalue weighted by molar-refractivity contribution is 0.527. The van der Waals surface area contributed by atoms with Gasteiger partial charge in [-0.3, -0.25) is 0 Å². The summed E-state index contributed by atoms with van der Waals surface area (Å²) >= 11 is 3.20. The van der Waals surface area contributed by atoms with Crippen molar-refractivity contribution in [1.29, 1.82) is 0 Å². The zero-order valence-electron chi connectivity index (χ0n) is 8.25. The molecule has 0 amide bonds. The Bertz CT molecular complexity index is 758. The number of aromatic nitrogens is 3. The third kappa shape index (κ3) is 1.59. The van der Waals surface area contributed by atoms with Crippen LogP contribution in [0, 0.1) is 5.82 Å². The van der Waals surface area contributed by atoms with Gasteiger partial charge in [0.05, 0.1) is 11.1 Å². The summed E-state index contributed by atoms with van der Waals surface area (Å²) in [6, 6.07) is 3.07. The summed E-state index contributed by atoms with van der Waals surface area (Å²) in [5.41, 5.74) is 1.00. The van der Waals surface area contributed by atoms with E-state index in [-0.39, 0.29) is 5.89 Å². The van der Waals surface area contributed by atoms with Crippen molar-refractivity contribution < 1.29 is 8.81 Å². The fourth-order valence-corrected chi connectivity index (χ4v) is 2.13. The molecule has 2 aromatic heterocycles. The Morgan fingerprint density at radius 1 is 1.41 bits per heavy atom. The third-order valence-electron chi connectivity index (χ3n) is 2.36. The molecule has 0 saturated heterocycles. The molecule has 0 spiro atoms. The minimum absolute atomic E-state index is 0.0578. The zero-order chi connectivity index (χ0) is 12.0. The van der Waals surface area contributed by atoms with Gasteiger partial charge in [-0.2, -0.15) is 0 Å². The van der Waals surface area contributed by atoms with Crippen LogP contribution in [0.1, 0.15) is 0 Å².